The van der Waals surface area contributed by atoms with Crippen LogP contribution in [0.25, 0.3) is 0 Å². The maximum atomic E-state index is 12.2. The number of aromatic nitrogens is 2. The van der Waals surface area contributed by atoms with Crippen LogP contribution in [-0.2, 0) is 12.8 Å². The summed E-state index contributed by atoms with van der Waals surface area (Å²) in [4.78, 5) is 12.2. The third-order valence-electron chi connectivity index (χ3n) is 4.42. The van der Waals surface area contributed by atoms with Crippen LogP contribution in [0.1, 0.15) is 53.0 Å². The zero-order valence-corrected chi connectivity index (χ0v) is 14.2. The summed E-state index contributed by atoms with van der Waals surface area (Å²) in [6.45, 7) is 3.37. The molecule has 5 nitrogen and oxygen atoms in total. The van der Waals surface area contributed by atoms with E-state index in [1.165, 1.54) is 12.0 Å². The lowest BCUT2D eigenvalue weighted by Crippen LogP contribution is -2.26. The van der Waals surface area contributed by atoms with E-state index in [0.29, 0.717) is 18.8 Å². The zero-order chi connectivity index (χ0) is 16.8. The molecule has 0 fully saturated rings. The Morgan fingerprint density at radius 1 is 1.21 bits per heavy atom. The lowest BCUT2D eigenvalue weighted by Gasteiger charge is -2.11. The highest BCUT2D eigenvalue weighted by molar-refractivity contribution is 5.94. The van der Waals surface area contributed by atoms with Crippen LogP contribution in [0.5, 0.6) is 5.75 Å². The van der Waals surface area contributed by atoms with Crippen LogP contribution in [0.4, 0.5) is 0 Å². The third-order valence-corrected chi connectivity index (χ3v) is 4.42. The Kier molecular flexibility index (Phi) is 5.51. The van der Waals surface area contributed by atoms with E-state index in [1.807, 2.05) is 24.3 Å². The first-order valence-electron chi connectivity index (χ1n) is 8.78. The Labute approximate surface area is 142 Å². The molecule has 2 aromatic rings. The number of hydrogen-bond acceptors (Lipinski definition) is 3. The third kappa shape index (κ3) is 4.16. The van der Waals surface area contributed by atoms with Crippen molar-refractivity contribution in [2.24, 2.45) is 0 Å². The van der Waals surface area contributed by atoms with Gasteiger partial charge in [-0.3, -0.25) is 9.89 Å². The number of nitrogens with one attached hydrogen (secondary N) is 2. The van der Waals surface area contributed by atoms with Gasteiger partial charge in [-0.15, -0.1) is 0 Å². The SMILES string of the molecule is Cc1ccc(OCCCCNC(=O)c2n[nH]c3c2CCCC3)cc1. The highest BCUT2D eigenvalue weighted by Crippen LogP contribution is 2.21. The van der Waals surface area contributed by atoms with Gasteiger partial charge in [0.25, 0.3) is 5.91 Å². The van der Waals surface area contributed by atoms with E-state index in [2.05, 4.69) is 22.4 Å². The fourth-order valence-electron chi connectivity index (χ4n) is 3.01. The summed E-state index contributed by atoms with van der Waals surface area (Å²) < 4.78 is 5.68. The number of fused-ring (bicyclic) bond motifs is 1. The lowest BCUT2D eigenvalue weighted by molar-refractivity contribution is 0.0946. The van der Waals surface area contributed by atoms with Gasteiger partial charge < -0.3 is 10.1 Å². The molecule has 0 spiro atoms. The molecule has 0 bridgehead atoms. The van der Waals surface area contributed by atoms with Crippen molar-refractivity contribution in [3.63, 3.8) is 0 Å². The van der Waals surface area contributed by atoms with Crippen LogP contribution in [-0.4, -0.2) is 29.3 Å². The van der Waals surface area contributed by atoms with Crippen molar-refractivity contribution in [2.75, 3.05) is 13.2 Å². The standard InChI is InChI=1S/C19H25N3O2/c1-14-8-10-15(11-9-14)24-13-5-4-12-20-19(23)18-16-6-2-3-7-17(16)21-22-18/h8-11H,2-7,12-13H2,1H3,(H,20,23)(H,21,22). The van der Waals surface area contributed by atoms with E-state index >= 15 is 0 Å². The average Bonchev–Trinajstić information content (AvgIpc) is 3.03. The quantitative estimate of drug-likeness (QED) is 0.768. The Morgan fingerprint density at radius 3 is 2.83 bits per heavy atom. The number of benzene rings is 1. The summed E-state index contributed by atoms with van der Waals surface area (Å²) in [6.07, 6.45) is 6.09. The van der Waals surface area contributed by atoms with Crippen molar-refractivity contribution in [1.82, 2.24) is 15.5 Å². The number of ether oxygens (including phenoxy) is 1. The molecule has 1 aromatic carbocycles. The number of aromatic amines is 1. The van der Waals surface area contributed by atoms with Crippen molar-refractivity contribution >= 4 is 5.91 Å². The van der Waals surface area contributed by atoms with Gasteiger partial charge in [0.15, 0.2) is 5.69 Å². The molecule has 0 atom stereocenters. The van der Waals surface area contributed by atoms with Crippen LogP contribution >= 0.6 is 0 Å². The minimum atomic E-state index is -0.0612. The molecule has 0 saturated heterocycles. The van der Waals surface area contributed by atoms with Crippen LogP contribution < -0.4 is 10.1 Å². The topological polar surface area (TPSA) is 67.0 Å². The van der Waals surface area contributed by atoms with Crippen molar-refractivity contribution in [3.8, 4) is 5.75 Å². The molecule has 1 heterocycles. The Balaban J connectivity index is 1.35. The predicted octanol–water partition coefficient (Wildman–Crippen LogP) is 3.19. The van der Waals surface area contributed by atoms with Gasteiger partial charge in [-0.05, 0) is 57.6 Å². The molecule has 1 aliphatic rings. The summed E-state index contributed by atoms with van der Waals surface area (Å²) in [6, 6.07) is 8.05. The Morgan fingerprint density at radius 2 is 2.00 bits per heavy atom. The second-order valence-corrected chi connectivity index (χ2v) is 6.36. The van der Waals surface area contributed by atoms with Gasteiger partial charge in [0.2, 0.25) is 0 Å². The maximum absolute atomic E-state index is 12.2. The van der Waals surface area contributed by atoms with Crippen LogP contribution in [0.2, 0.25) is 0 Å². The summed E-state index contributed by atoms with van der Waals surface area (Å²) in [5.74, 6) is 0.835. The van der Waals surface area contributed by atoms with Crippen molar-refractivity contribution in [1.29, 1.82) is 0 Å². The van der Waals surface area contributed by atoms with Gasteiger partial charge in [-0.1, -0.05) is 17.7 Å². The molecule has 1 amide bonds. The molecule has 24 heavy (non-hydrogen) atoms. The molecule has 0 unspecified atom stereocenters. The van der Waals surface area contributed by atoms with Gasteiger partial charge in [0, 0.05) is 17.8 Å². The first-order chi connectivity index (χ1) is 11.7. The largest absolute Gasteiger partial charge is 0.494 e. The van der Waals surface area contributed by atoms with Crippen molar-refractivity contribution in [2.45, 2.75) is 45.4 Å². The van der Waals surface area contributed by atoms with Crippen LogP contribution in [0.3, 0.4) is 0 Å². The van der Waals surface area contributed by atoms with Crippen LogP contribution in [0.15, 0.2) is 24.3 Å². The maximum Gasteiger partial charge on any atom is 0.272 e. The number of amides is 1. The summed E-state index contributed by atoms with van der Waals surface area (Å²) >= 11 is 0. The molecule has 128 valence electrons. The number of unbranched alkanes of at least 4 members (excludes halogenated alkanes) is 1. The number of rotatable bonds is 7. The number of H-pyrrole nitrogens is 1. The molecule has 5 heteroatoms. The highest BCUT2D eigenvalue weighted by Gasteiger charge is 2.21. The smallest absolute Gasteiger partial charge is 0.272 e. The number of nitrogens with zero attached hydrogens (tertiary/aromatic N) is 1. The normalized spacial score (nSPS) is 13.4. The first-order valence-corrected chi connectivity index (χ1v) is 8.78. The van der Waals surface area contributed by atoms with Gasteiger partial charge in [-0.2, -0.15) is 5.10 Å². The van der Waals surface area contributed by atoms with E-state index in [4.69, 9.17) is 4.74 Å². The molecule has 2 N–H and O–H groups in total. The fraction of sp³-hybridized carbons (Fsp3) is 0.474. The van der Waals surface area contributed by atoms with Gasteiger partial charge in [0.05, 0.1) is 6.61 Å². The molecule has 1 aliphatic carbocycles. The molecule has 1 aromatic heterocycles. The Hall–Kier alpha value is -2.30. The fourth-order valence-corrected chi connectivity index (χ4v) is 3.01. The number of carbonyl (C=O) groups is 1. The monoisotopic (exact) mass is 327 g/mol. The molecule has 3 rings (SSSR count). The summed E-state index contributed by atoms with van der Waals surface area (Å²) in [5.41, 5.74) is 4.06. The highest BCUT2D eigenvalue weighted by atomic mass is 16.5. The van der Waals surface area contributed by atoms with E-state index in [0.717, 1.165) is 49.1 Å². The van der Waals surface area contributed by atoms with E-state index in [1.54, 1.807) is 0 Å². The second-order valence-electron chi connectivity index (χ2n) is 6.36. The van der Waals surface area contributed by atoms with E-state index in [-0.39, 0.29) is 5.91 Å². The number of carbonyl (C=O) groups excluding carboxylic acids is 1. The van der Waals surface area contributed by atoms with Gasteiger partial charge >= 0.3 is 0 Å². The van der Waals surface area contributed by atoms with E-state index < -0.39 is 0 Å². The van der Waals surface area contributed by atoms with Crippen molar-refractivity contribution < 1.29 is 9.53 Å². The Bertz CT molecular complexity index is 676. The summed E-state index contributed by atoms with van der Waals surface area (Å²) in [7, 11) is 0. The van der Waals surface area contributed by atoms with Gasteiger partial charge in [0.1, 0.15) is 5.75 Å². The minimum Gasteiger partial charge on any atom is -0.494 e. The summed E-state index contributed by atoms with van der Waals surface area (Å²) in [5, 5.41) is 10.2. The molecular formula is C19H25N3O2. The predicted molar refractivity (Wildman–Crippen MR) is 93.5 cm³/mol. The zero-order valence-electron chi connectivity index (χ0n) is 14.2. The van der Waals surface area contributed by atoms with Gasteiger partial charge in [-0.25, -0.2) is 0 Å². The molecule has 0 saturated carbocycles. The van der Waals surface area contributed by atoms with Crippen LogP contribution in [0, 0.1) is 6.92 Å². The van der Waals surface area contributed by atoms with Crippen molar-refractivity contribution in [3.05, 3.63) is 46.8 Å². The molecule has 0 radical (unpaired) electrons. The molecular weight excluding hydrogens is 302 g/mol. The number of hydrogen-bond donors (Lipinski definition) is 2. The van der Waals surface area contributed by atoms with E-state index in [9.17, 15) is 4.79 Å². The average molecular weight is 327 g/mol. The minimum absolute atomic E-state index is 0.0612. The second kappa shape index (κ2) is 7.99. The molecule has 0 aliphatic heterocycles. The first kappa shape index (κ1) is 16.6. The number of aryl methyl sites for hydroxylation is 2. The lowest BCUT2D eigenvalue weighted by atomic mass is 9.96.